The van der Waals surface area contributed by atoms with Crippen LogP contribution in [-0.4, -0.2) is 12.5 Å². The number of carbonyl (C=O) groups is 1. The number of hydrogen-bond donors (Lipinski definition) is 1. The molecule has 3 aromatic carbocycles. The second-order valence-corrected chi connectivity index (χ2v) is 6.18. The Hall–Kier alpha value is -3.47. The van der Waals surface area contributed by atoms with Gasteiger partial charge in [-0.05, 0) is 61.9 Å². The average molecular weight is 359 g/mol. The molecule has 0 saturated carbocycles. The molecule has 0 aliphatic carbocycles. The molecule has 0 radical (unpaired) electrons. The Morgan fingerprint density at radius 2 is 1.56 bits per heavy atom. The van der Waals surface area contributed by atoms with E-state index < -0.39 is 0 Å². The van der Waals surface area contributed by atoms with Crippen LogP contribution in [-0.2, 0) is 4.79 Å². The third-order valence-electron chi connectivity index (χ3n) is 3.90. The molecule has 27 heavy (non-hydrogen) atoms. The molecule has 0 heterocycles. The van der Waals surface area contributed by atoms with Crippen LogP contribution in [0.15, 0.2) is 83.0 Å². The summed E-state index contributed by atoms with van der Waals surface area (Å²) in [5.41, 5.74) is 4.49. The first kappa shape index (κ1) is 18.3. The normalized spacial score (nSPS) is 10.7. The second-order valence-electron chi connectivity index (χ2n) is 6.18. The highest BCUT2D eigenvalue weighted by atomic mass is 16.5. The van der Waals surface area contributed by atoms with E-state index in [1.807, 2.05) is 62.4 Å². The number of anilines is 1. The smallest absolute Gasteiger partial charge is 0.262 e. The molecule has 0 aliphatic heterocycles. The summed E-state index contributed by atoms with van der Waals surface area (Å²) in [6.45, 7) is 3.93. The van der Waals surface area contributed by atoms with E-state index >= 15 is 0 Å². The van der Waals surface area contributed by atoms with Gasteiger partial charge in [0.2, 0.25) is 0 Å². The molecule has 1 N–H and O–H groups in total. The van der Waals surface area contributed by atoms with E-state index in [0.717, 1.165) is 22.5 Å². The Labute approximate surface area is 158 Å². The van der Waals surface area contributed by atoms with Crippen molar-refractivity contribution in [1.29, 1.82) is 0 Å². The maximum absolute atomic E-state index is 12.1. The van der Waals surface area contributed by atoms with Crippen LogP contribution in [0.5, 0.6) is 5.75 Å². The fraction of sp³-hybridized carbons (Fsp3) is 0.136. The van der Waals surface area contributed by atoms with Gasteiger partial charge in [0.1, 0.15) is 5.75 Å². The summed E-state index contributed by atoms with van der Waals surface area (Å²) in [5.74, 6) is 0.402. The van der Waals surface area contributed by atoms with Crippen molar-refractivity contribution < 1.29 is 9.53 Å². The van der Waals surface area contributed by atoms with Gasteiger partial charge in [-0.1, -0.05) is 35.9 Å². The molecule has 3 aromatic rings. The van der Waals surface area contributed by atoms with Crippen LogP contribution in [0.3, 0.4) is 0 Å². The van der Waals surface area contributed by atoms with Crippen LogP contribution >= 0.6 is 0 Å². The van der Waals surface area contributed by atoms with Gasteiger partial charge in [0.05, 0.1) is 11.4 Å². The van der Waals surface area contributed by atoms with Crippen LogP contribution in [0, 0.1) is 13.8 Å². The first-order valence-electron chi connectivity index (χ1n) is 8.67. The third-order valence-corrected chi connectivity index (χ3v) is 3.90. The van der Waals surface area contributed by atoms with Crippen molar-refractivity contribution in [3.8, 4) is 5.75 Å². The molecule has 0 saturated heterocycles. The van der Waals surface area contributed by atoms with Crippen molar-refractivity contribution in [3.63, 3.8) is 0 Å². The van der Waals surface area contributed by atoms with Crippen molar-refractivity contribution in [3.05, 3.63) is 83.9 Å². The minimum Gasteiger partial charge on any atom is -0.484 e. The van der Waals surface area contributed by atoms with Gasteiger partial charge < -0.3 is 10.1 Å². The Kier molecular flexibility index (Phi) is 5.94. The molecule has 0 aliphatic rings. The SMILES string of the molecule is Cc1ccc(NC(=O)COc2ccc(N=Nc3ccccc3)cc2)c(C)c1. The van der Waals surface area contributed by atoms with Crippen molar-refractivity contribution >= 4 is 23.0 Å². The molecule has 1 amide bonds. The number of azo groups is 1. The summed E-state index contributed by atoms with van der Waals surface area (Å²) < 4.78 is 5.54. The van der Waals surface area contributed by atoms with Gasteiger partial charge in [0, 0.05) is 5.69 Å². The number of ether oxygens (including phenoxy) is 1. The summed E-state index contributed by atoms with van der Waals surface area (Å²) in [4.78, 5) is 12.1. The van der Waals surface area contributed by atoms with Crippen molar-refractivity contribution in [2.45, 2.75) is 13.8 Å². The quantitative estimate of drug-likeness (QED) is 0.571. The number of nitrogens with one attached hydrogen (secondary N) is 1. The molecule has 0 bridgehead atoms. The minimum atomic E-state index is -0.199. The van der Waals surface area contributed by atoms with Gasteiger partial charge in [-0.15, -0.1) is 0 Å². The number of amides is 1. The molecule has 136 valence electrons. The Morgan fingerprint density at radius 3 is 2.22 bits per heavy atom. The lowest BCUT2D eigenvalue weighted by atomic mass is 10.1. The zero-order chi connectivity index (χ0) is 19.1. The molecule has 0 atom stereocenters. The molecule has 0 spiro atoms. The highest BCUT2D eigenvalue weighted by Gasteiger charge is 2.06. The zero-order valence-electron chi connectivity index (χ0n) is 15.3. The Balaban J connectivity index is 1.52. The summed E-state index contributed by atoms with van der Waals surface area (Å²) in [6, 6.07) is 22.5. The predicted molar refractivity (Wildman–Crippen MR) is 107 cm³/mol. The summed E-state index contributed by atoms with van der Waals surface area (Å²) in [6.07, 6.45) is 0. The maximum atomic E-state index is 12.1. The van der Waals surface area contributed by atoms with Gasteiger partial charge in [-0.2, -0.15) is 10.2 Å². The highest BCUT2D eigenvalue weighted by molar-refractivity contribution is 5.92. The van der Waals surface area contributed by atoms with E-state index in [9.17, 15) is 4.79 Å². The molecule has 0 fully saturated rings. The van der Waals surface area contributed by atoms with E-state index in [1.165, 1.54) is 0 Å². The van der Waals surface area contributed by atoms with E-state index in [2.05, 4.69) is 15.5 Å². The van der Waals surface area contributed by atoms with Crippen molar-refractivity contribution in [2.75, 3.05) is 11.9 Å². The van der Waals surface area contributed by atoms with Gasteiger partial charge in [-0.3, -0.25) is 4.79 Å². The van der Waals surface area contributed by atoms with Crippen molar-refractivity contribution in [1.82, 2.24) is 0 Å². The Morgan fingerprint density at radius 1 is 0.889 bits per heavy atom. The van der Waals surface area contributed by atoms with Crippen LogP contribution in [0.1, 0.15) is 11.1 Å². The lowest BCUT2D eigenvalue weighted by Crippen LogP contribution is -2.20. The molecular weight excluding hydrogens is 338 g/mol. The van der Waals surface area contributed by atoms with Crippen LogP contribution in [0.25, 0.3) is 0 Å². The molecule has 5 heteroatoms. The second kappa shape index (κ2) is 8.76. The lowest BCUT2D eigenvalue weighted by molar-refractivity contribution is -0.118. The fourth-order valence-electron chi connectivity index (χ4n) is 2.51. The number of carbonyl (C=O) groups excluding carboxylic acids is 1. The van der Waals surface area contributed by atoms with E-state index in [1.54, 1.807) is 24.3 Å². The number of hydrogen-bond acceptors (Lipinski definition) is 4. The van der Waals surface area contributed by atoms with Gasteiger partial charge >= 0.3 is 0 Å². The lowest BCUT2D eigenvalue weighted by Gasteiger charge is -2.10. The van der Waals surface area contributed by atoms with E-state index in [4.69, 9.17) is 4.74 Å². The first-order chi connectivity index (χ1) is 13.1. The topological polar surface area (TPSA) is 63.0 Å². The molecule has 0 unspecified atom stereocenters. The zero-order valence-corrected chi connectivity index (χ0v) is 15.3. The fourth-order valence-corrected chi connectivity index (χ4v) is 2.51. The van der Waals surface area contributed by atoms with Gasteiger partial charge in [-0.25, -0.2) is 0 Å². The number of benzene rings is 3. The largest absolute Gasteiger partial charge is 0.484 e. The summed E-state index contributed by atoms with van der Waals surface area (Å²) in [7, 11) is 0. The predicted octanol–water partition coefficient (Wildman–Crippen LogP) is 5.74. The van der Waals surface area contributed by atoms with Gasteiger partial charge in [0.15, 0.2) is 6.61 Å². The molecular formula is C22H21N3O2. The van der Waals surface area contributed by atoms with Crippen LogP contribution in [0.4, 0.5) is 17.1 Å². The first-order valence-corrected chi connectivity index (χ1v) is 8.67. The highest BCUT2D eigenvalue weighted by Crippen LogP contribution is 2.21. The third kappa shape index (κ3) is 5.51. The minimum absolute atomic E-state index is 0.0573. The summed E-state index contributed by atoms with van der Waals surface area (Å²) >= 11 is 0. The standard InChI is InChI=1S/C22H21N3O2/c1-16-8-13-21(17(2)14-16)23-22(26)15-27-20-11-9-19(10-12-20)25-24-18-6-4-3-5-7-18/h3-14H,15H2,1-2H3,(H,23,26). The van der Waals surface area contributed by atoms with E-state index in [0.29, 0.717) is 11.4 Å². The number of nitrogens with zero attached hydrogens (tertiary/aromatic N) is 2. The maximum Gasteiger partial charge on any atom is 0.262 e. The molecule has 0 aromatic heterocycles. The Bertz CT molecular complexity index is 936. The molecule has 3 rings (SSSR count). The summed E-state index contributed by atoms with van der Waals surface area (Å²) in [5, 5.41) is 11.2. The number of rotatable bonds is 6. The van der Waals surface area contributed by atoms with Crippen molar-refractivity contribution in [2.24, 2.45) is 10.2 Å². The molecule has 5 nitrogen and oxygen atoms in total. The number of aryl methyl sites for hydroxylation is 2. The van der Waals surface area contributed by atoms with Gasteiger partial charge in [0.25, 0.3) is 5.91 Å². The van der Waals surface area contributed by atoms with E-state index in [-0.39, 0.29) is 12.5 Å². The monoisotopic (exact) mass is 359 g/mol. The van der Waals surface area contributed by atoms with Crippen LogP contribution in [0.2, 0.25) is 0 Å². The van der Waals surface area contributed by atoms with Crippen LogP contribution < -0.4 is 10.1 Å². The average Bonchev–Trinajstić information content (AvgIpc) is 2.68.